The smallest absolute Gasteiger partial charge is 0.252 e. The molecule has 0 bridgehead atoms. The van der Waals surface area contributed by atoms with Crippen molar-refractivity contribution in [3.05, 3.63) is 45.6 Å². The number of carbonyl (C=O) groups excluding carboxylic acids is 2. The average Bonchev–Trinajstić information content (AvgIpc) is 2.94. The number of carbonyl (C=O) groups is 2. The van der Waals surface area contributed by atoms with Crippen molar-refractivity contribution in [2.24, 2.45) is 0 Å². The van der Waals surface area contributed by atoms with Crippen LogP contribution in [-0.4, -0.2) is 23.3 Å². The maximum Gasteiger partial charge on any atom is 0.252 e. The monoisotopic (exact) mass is 371 g/mol. The lowest BCUT2D eigenvalue weighted by molar-refractivity contribution is -0.116. The van der Waals surface area contributed by atoms with Gasteiger partial charge in [-0.2, -0.15) is 0 Å². The Hall–Kier alpha value is -1.80. The van der Waals surface area contributed by atoms with Gasteiger partial charge < -0.3 is 10.6 Å². The number of anilines is 1. The summed E-state index contributed by atoms with van der Waals surface area (Å²) in [6.07, 6.45) is 1.70. The van der Waals surface area contributed by atoms with Gasteiger partial charge in [0, 0.05) is 29.0 Å². The molecule has 0 radical (unpaired) electrons. The summed E-state index contributed by atoms with van der Waals surface area (Å²) >= 11 is 4.49. The number of thiazole rings is 1. The van der Waals surface area contributed by atoms with Crippen LogP contribution < -0.4 is 10.6 Å². The molecular weight excluding hydrogens is 361 g/mol. The summed E-state index contributed by atoms with van der Waals surface area (Å²) in [5, 5.41) is 7.43. The average molecular weight is 372 g/mol. The molecule has 0 spiro atoms. The van der Waals surface area contributed by atoms with E-state index in [2.05, 4.69) is 31.5 Å². The van der Waals surface area contributed by atoms with Gasteiger partial charge in [-0.05, 0) is 34.1 Å². The molecule has 0 fully saturated rings. The summed E-state index contributed by atoms with van der Waals surface area (Å²) in [6.45, 7) is 0.152. The second-order valence-corrected chi connectivity index (χ2v) is 5.76. The van der Waals surface area contributed by atoms with Gasteiger partial charge in [0.05, 0.1) is 5.56 Å². The number of rotatable bonds is 5. The van der Waals surface area contributed by atoms with Crippen LogP contribution in [0.1, 0.15) is 16.8 Å². The lowest BCUT2D eigenvalue weighted by Crippen LogP contribution is -2.28. The maximum atomic E-state index is 13.1. The molecule has 0 aliphatic carbocycles. The third-order valence-corrected chi connectivity index (χ3v) is 3.87. The van der Waals surface area contributed by atoms with Gasteiger partial charge in [0.2, 0.25) is 5.91 Å². The summed E-state index contributed by atoms with van der Waals surface area (Å²) < 4.78 is 13.6. The van der Waals surface area contributed by atoms with E-state index in [1.54, 1.807) is 11.6 Å². The van der Waals surface area contributed by atoms with Crippen molar-refractivity contribution < 1.29 is 14.0 Å². The van der Waals surface area contributed by atoms with Gasteiger partial charge in [0.1, 0.15) is 5.82 Å². The van der Waals surface area contributed by atoms with E-state index < -0.39 is 11.7 Å². The zero-order valence-electron chi connectivity index (χ0n) is 10.7. The van der Waals surface area contributed by atoms with Crippen LogP contribution in [0.5, 0.6) is 0 Å². The van der Waals surface area contributed by atoms with Crippen LogP contribution in [0.25, 0.3) is 0 Å². The van der Waals surface area contributed by atoms with Gasteiger partial charge in [0.25, 0.3) is 5.91 Å². The fourth-order valence-corrected chi connectivity index (χ4v) is 2.50. The van der Waals surface area contributed by atoms with Crippen LogP contribution in [0.4, 0.5) is 9.52 Å². The van der Waals surface area contributed by atoms with Crippen molar-refractivity contribution in [2.45, 2.75) is 6.42 Å². The van der Waals surface area contributed by atoms with Crippen LogP contribution in [0.3, 0.4) is 0 Å². The predicted octanol–water partition coefficient (Wildman–Crippen LogP) is 2.80. The molecule has 0 atom stereocenters. The van der Waals surface area contributed by atoms with E-state index >= 15 is 0 Å². The molecule has 5 nitrogen and oxygen atoms in total. The first-order chi connectivity index (χ1) is 10.1. The third-order valence-electron chi connectivity index (χ3n) is 2.49. The molecule has 2 aromatic rings. The number of nitrogens with one attached hydrogen (secondary N) is 2. The number of aromatic nitrogens is 1. The second kappa shape index (κ2) is 7.28. The highest BCUT2D eigenvalue weighted by molar-refractivity contribution is 9.10. The Balaban J connectivity index is 1.81. The van der Waals surface area contributed by atoms with Gasteiger partial charge in [0.15, 0.2) is 5.13 Å². The van der Waals surface area contributed by atoms with E-state index in [0.29, 0.717) is 9.60 Å². The number of benzene rings is 1. The summed E-state index contributed by atoms with van der Waals surface area (Å²) in [5.41, 5.74) is 0.190. The quantitative estimate of drug-likeness (QED) is 0.848. The molecule has 0 saturated carbocycles. The minimum absolute atomic E-state index is 0.109. The van der Waals surface area contributed by atoms with Crippen molar-refractivity contribution in [1.82, 2.24) is 10.3 Å². The highest BCUT2D eigenvalue weighted by Crippen LogP contribution is 2.17. The van der Waals surface area contributed by atoms with Gasteiger partial charge in [-0.15, -0.1) is 11.3 Å². The molecule has 8 heteroatoms. The molecule has 110 valence electrons. The second-order valence-electron chi connectivity index (χ2n) is 4.02. The molecule has 0 unspecified atom stereocenters. The molecule has 21 heavy (non-hydrogen) atoms. The van der Waals surface area contributed by atoms with E-state index in [9.17, 15) is 14.0 Å². The van der Waals surface area contributed by atoms with Gasteiger partial charge in [-0.1, -0.05) is 0 Å². The van der Waals surface area contributed by atoms with Crippen molar-refractivity contribution in [1.29, 1.82) is 0 Å². The predicted molar refractivity (Wildman–Crippen MR) is 81.8 cm³/mol. The third kappa shape index (κ3) is 4.61. The Morgan fingerprint density at radius 2 is 2.19 bits per heavy atom. The molecule has 2 N–H and O–H groups in total. The van der Waals surface area contributed by atoms with E-state index in [0.717, 1.165) is 6.07 Å². The molecule has 1 aromatic heterocycles. The van der Waals surface area contributed by atoms with Crippen LogP contribution in [0.2, 0.25) is 0 Å². The maximum absolute atomic E-state index is 13.1. The molecule has 2 amide bonds. The van der Waals surface area contributed by atoms with E-state index in [1.165, 1.54) is 23.5 Å². The van der Waals surface area contributed by atoms with Crippen LogP contribution in [0.15, 0.2) is 34.2 Å². The van der Waals surface area contributed by atoms with Crippen molar-refractivity contribution in [2.75, 3.05) is 11.9 Å². The summed E-state index contributed by atoms with van der Waals surface area (Å²) in [7, 11) is 0. The molecule has 1 aromatic carbocycles. The van der Waals surface area contributed by atoms with E-state index in [1.807, 2.05) is 0 Å². The number of amides is 2. The fourth-order valence-electron chi connectivity index (χ4n) is 1.52. The molecule has 0 aliphatic heterocycles. The van der Waals surface area contributed by atoms with Gasteiger partial charge >= 0.3 is 0 Å². The highest BCUT2D eigenvalue weighted by atomic mass is 79.9. The number of nitrogens with zero attached hydrogens (tertiary/aromatic N) is 1. The number of hydrogen-bond donors (Lipinski definition) is 2. The molecule has 0 aliphatic rings. The first-order valence-electron chi connectivity index (χ1n) is 5.99. The Bertz CT molecular complexity index is 649. The highest BCUT2D eigenvalue weighted by Gasteiger charge is 2.11. The standard InChI is InChI=1S/C13H11BrFN3O2S/c14-10-2-1-8(15)7-9(10)12(20)16-4-3-11(19)18-13-17-5-6-21-13/h1-2,5-7H,3-4H2,(H,16,20)(H,17,18,19). The van der Waals surface area contributed by atoms with Crippen molar-refractivity contribution in [3.8, 4) is 0 Å². The Morgan fingerprint density at radius 3 is 2.90 bits per heavy atom. The summed E-state index contributed by atoms with van der Waals surface area (Å²) in [6, 6.07) is 3.84. The van der Waals surface area contributed by atoms with E-state index in [4.69, 9.17) is 0 Å². The summed E-state index contributed by atoms with van der Waals surface area (Å²) in [4.78, 5) is 27.4. The summed E-state index contributed by atoms with van der Waals surface area (Å²) in [5.74, 6) is -1.18. The fraction of sp³-hybridized carbons (Fsp3) is 0.154. The Kier molecular flexibility index (Phi) is 5.40. The van der Waals surface area contributed by atoms with Gasteiger partial charge in [-0.3, -0.25) is 9.59 Å². The minimum Gasteiger partial charge on any atom is -0.351 e. The minimum atomic E-state index is -0.495. The Morgan fingerprint density at radius 1 is 1.38 bits per heavy atom. The lowest BCUT2D eigenvalue weighted by atomic mass is 10.2. The van der Waals surface area contributed by atoms with Crippen molar-refractivity contribution >= 4 is 44.2 Å². The van der Waals surface area contributed by atoms with Crippen LogP contribution >= 0.6 is 27.3 Å². The van der Waals surface area contributed by atoms with Crippen molar-refractivity contribution in [3.63, 3.8) is 0 Å². The molecule has 2 rings (SSSR count). The normalized spacial score (nSPS) is 10.2. The SMILES string of the molecule is O=C(CCNC(=O)c1cc(F)ccc1Br)Nc1nccs1. The molecule has 1 heterocycles. The molecular formula is C13H11BrFN3O2S. The molecule has 0 saturated heterocycles. The van der Waals surface area contributed by atoms with Crippen LogP contribution in [0, 0.1) is 5.82 Å². The van der Waals surface area contributed by atoms with Gasteiger partial charge in [-0.25, -0.2) is 9.37 Å². The zero-order valence-corrected chi connectivity index (χ0v) is 13.1. The lowest BCUT2D eigenvalue weighted by Gasteiger charge is -2.07. The van der Waals surface area contributed by atoms with E-state index in [-0.39, 0.29) is 24.4 Å². The topological polar surface area (TPSA) is 71.1 Å². The zero-order chi connectivity index (χ0) is 15.2. The first-order valence-corrected chi connectivity index (χ1v) is 7.66. The first kappa shape index (κ1) is 15.6. The van der Waals surface area contributed by atoms with Crippen LogP contribution in [-0.2, 0) is 4.79 Å². The number of hydrogen-bond acceptors (Lipinski definition) is 4. The largest absolute Gasteiger partial charge is 0.351 e. The number of halogens is 2. The Labute approximate surface area is 132 Å².